The molecule has 170 valence electrons. The number of esters is 1. The van der Waals surface area contributed by atoms with E-state index in [0.717, 1.165) is 32.9 Å². The SMILES string of the molecule is Cc1cc(C)c(-c2c(OC(=O)C(C)(C)C)cc(CCSc3ccoc3C)oc2=O)c(C)c1. The van der Waals surface area contributed by atoms with Crippen molar-refractivity contribution in [2.24, 2.45) is 5.41 Å². The van der Waals surface area contributed by atoms with Crippen LogP contribution in [0.5, 0.6) is 5.75 Å². The van der Waals surface area contributed by atoms with E-state index in [1.54, 1.807) is 44.9 Å². The van der Waals surface area contributed by atoms with Crippen molar-refractivity contribution in [2.45, 2.75) is 59.8 Å². The van der Waals surface area contributed by atoms with Gasteiger partial charge in [-0.25, -0.2) is 4.79 Å². The molecule has 0 amide bonds. The maximum atomic E-state index is 13.1. The van der Waals surface area contributed by atoms with E-state index in [9.17, 15) is 9.59 Å². The lowest BCUT2D eigenvalue weighted by Gasteiger charge is -2.19. The fourth-order valence-corrected chi connectivity index (χ4v) is 4.49. The number of aryl methyl sites for hydroxylation is 5. The van der Waals surface area contributed by atoms with Gasteiger partial charge in [-0.2, -0.15) is 0 Å². The van der Waals surface area contributed by atoms with Crippen LogP contribution in [0.4, 0.5) is 0 Å². The highest BCUT2D eigenvalue weighted by atomic mass is 32.2. The Morgan fingerprint density at radius 3 is 2.25 bits per heavy atom. The van der Waals surface area contributed by atoms with Crippen molar-refractivity contribution < 1.29 is 18.4 Å². The monoisotopic (exact) mass is 454 g/mol. The lowest BCUT2D eigenvalue weighted by Crippen LogP contribution is -2.26. The molecule has 0 N–H and O–H groups in total. The maximum Gasteiger partial charge on any atom is 0.347 e. The Kier molecular flexibility index (Phi) is 7.03. The normalized spacial score (nSPS) is 11.6. The zero-order chi connectivity index (χ0) is 23.6. The fraction of sp³-hybridized carbons (Fsp3) is 0.385. The topological polar surface area (TPSA) is 69.7 Å². The predicted octanol–water partition coefficient (Wildman–Crippen LogP) is 6.42. The first-order valence-electron chi connectivity index (χ1n) is 10.6. The van der Waals surface area contributed by atoms with E-state index in [-0.39, 0.29) is 5.75 Å². The van der Waals surface area contributed by atoms with Crippen molar-refractivity contribution in [3.63, 3.8) is 0 Å². The summed E-state index contributed by atoms with van der Waals surface area (Å²) < 4.78 is 16.8. The first-order chi connectivity index (χ1) is 15.0. The highest BCUT2D eigenvalue weighted by molar-refractivity contribution is 7.99. The smallest absolute Gasteiger partial charge is 0.347 e. The van der Waals surface area contributed by atoms with Crippen molar-refractivity contribution in [3.05, 3.63) is 69.2 Å². The second-order valence-corrected chi connectivity index (χ2v) is 10.2. The lowest BCUT2D eigenvalue weighted by atomic mass is 9.94. The molecular formula is C26H30O5S. The second-order valence-electron chi connectivity index (χ2n) is 9.09. The van der Waals surface area contributed by atoms with Gasteiger partial charge in [0.2, 0.25) is 0 Å². The van der Waals surface area contributed by atoms with Gasteiger partial charge in [0.05, 0.1) is 11.7 Å². The Hall–Kier alpha value is -2.73. The minimum Gasteiger partial charge on any atom is -0.468 e. The number of hydrogen-bond acceptors (Lipinski definition) is 6. The van der Waals surface area contributed by atoms with Gasteiger partial charge >= 0.3 is 11.6 Å². The van der Waals surface area contributed by atoms with Gasteiger partial charge < -0.3 is 13.6 Å². The summed E-state index contributed by atoms with van der Waals surface area (Å²) in [5.41, 5.74) is 2.79. The van der Waals surface area contributed by atoms with Crippen molar-refractivity contribution >= 4 is 17.7 Å². The molecule has 6 heteroatoms. The zero-order valence-corrected chi connectivity index (χ0v) is 20.6. The van der Waals surface area contributed by atoms with Gasteiger partial charge in [0.1, 0.15) is 22.8 Å². The van der Waals surface area contributed by atoms with E-state index in [4.69, 9.17) is 13.6 Å². The summed E-state index contributed by atoms with van der Waals surface area (Å²) in [4.78, 5) is 26.9. The van der Waals surface area contributed by atoms with Crippen molar-refractivity contribution in [1.82, 2.24) is 0 Å². The van der Waals surface area contributed by atoms with Crippen LogP contribution in [0.25, 0.3) is 11.1 Å². The Morgan fingerprint density at radius 2 is 1.69 bits per heavy atom. The van der Waals surface area contributed by atoms with E-state index in [1.165, 1.54) is 0 Å². The molecule has 0 saturated carbocycles. The number of carbonyl (C=O) groups is 1. The Labute approximate surface area is 193 Å². The summed E-state index contributed by atoms with van der Waals surface area (Å²) in [6.45, 7) is 13.2. The largest absolute Gasteiger partial charge is 0.468 e. The molecule has 0 bridgehead atoms. The van der Waals surface area contributed by atoms with E-state index in [0.29, 0.717) is 23.5 Å². The van der Waals surface area contributed by atoms with Crippen molar-refractivity contribution in [2.75, 3.05) is 5.75 Å². The molecule has 2 aromatic heterocycles. The molecule has 1 aromatic carbocycles. The van der Waals surface area contributed by atoms with Crippen LogP contribution in [0, 0.1) is 33.1 Å². The second kappa shape index (κ2) is 9.41. The summed E-state index contributed by atoms with van der Waals surface area (Å²) in [6, 6.07) is 7.62. The van der Waals surface area contributed by atoms with Crippen LogP contribution in [-0.4, -0.2) is 11.7 Å². The van der Waals surface area contributed by atoms with Gasteiger partial charge in [0.15, 0.2) is 0 Å². The lowest BCUT2D eigenvalue weighted by molar-refractivity contribution is -0.142. The number of rotatable bonds is 6. The number of benzene rings is 1. The number of ether oxygens (including phenoxy) is 1. The molecule has 3 rings (SSSR count). The van der Waals surface area contributed by atoms with Crippen LogP contribution >= 0.6 is 11.8 Å². The molecule has 0 atom stereocenters. The van der Waals surface area contributed by atoms with Crippen molar-refractivity contribution in [3.8, 4) is 16.9 Å². The van der Waals surface area contributed by atoms with E-state index in [2.05, 4.69) is 0 Å². The van der Waals surface area contributed by atoms with Crippen LogP contribution in [-0.2, 0) is 11.2 Å². The van der Waals surface area contributed by atoms with Crippen LogP contribution < -0.4 is 10.4 Å². The third-order valence-electron chi connectivity index (χ3n) is 5.13. The first kappa shape index (κ1) is 23.9. The van der Waals surface area contributed by atoms with Gasteiger partial charge in [-0.3, -0.25) is 4.79 Å². The van der Waals surface area contributed by atoms with Crippen LogP contribution in [0.3, 0.4) is 0 Å². The van der Waals surface area contributed by atoms with E-state index >= 15 is 0 Å². The Balaban J connectivity index is 2.02. The molecular weight excluding hydrogens is 424 g/mol. The standard InChI is InChI=1S/C26H30O5S/c1-15-12-16(2)22(17(3)13-15)23-20(31-25(28)26(5,6)7)14-19(30-24(23)27)9-11-32-21-8-10-29-18(21)4/h8,10,12-14H,9,11H2,1-7H3. The third kappa shape index (κ3) is 5.36. The average molecular weight is 455 g/mol. The van der Waals surface area contributed by atoms with E-state index < -0.39 is 17.0 Å². The molecule has 0 aliphatic carbocycles. The third-order valence-corrected chi connectivity index (χ3v) is 6.27. The predicted molar refractivity (Wildman–Crippen MR) is 128 cm³/mol. The van der Waals surface area contributed by atoms with Gasteiger partial charge in [-0.15, -0.1) is 11.8 Å². The molecule has 0 saturated heterocycles. The molecule has 3 aromatic rings. The molecule has 0 fully saturated rings. The Bertz CT molecular complexity index is 1170. The molecule has 0 spiro atoms. The summed E-state index contributed by atoms with van der Waals surface area (Å²) in [7, 11) is 0. The van der Waals surface area contributed by atoms with Gasteiger partial charge in [-0.1, -0.05) is 17.7 Å². The molecule has 5 nitrogen and oxygen atoms in total. The molecule has 0 aliphatic rings. The van der Waals surface area contributed by atoms with Crippen molar-refractivity contribution in [1.29, 1.82) is 0 Å². The Morgan fingerprint density at radius 1 is 1.03 bits per heavy atom. The van der Waals surface area contributed by atoms with Crippen LogP contribution in [0.1, 0.15) is 49.0 Å². The number of carbonyl (C=O) groups excluding carboxylic acids is 1. The molecule has 0 unspecified atom stereocenters. The quantitative estimate of drug-likeness (QED) is 0.316. The number of hydrogen-bond donors (Lipinski definition) is 0. The average Bonchev–Trinajstić information content (AvgIpc) is 3.07. The summed E-state index contributed by atoms with van der Waals surface area (Å²) in [6.07, 6.45) is 2.17. The van der Waals surface area contributed by atoms with Gasteiger partial charge in [0, 0.05) is 23.1 Å². The minimum atomic E-state index is -0.709. The number of furan rings is 1. The zero-order valence-electron chi connectivity index (χ0n) is 19.8. The maximum absolute atomic E-state index is 13.1. The van der Waals surface area contributed by atoms with Crippen LogP contribution in [0.15, 0.2) is 49.1 Å². The first-order valence-corrected chi connectivity index (χ1v) is 11.6. The molecule has 2 heterocycles. The highest BCUT2D eigenvalue weighted by Crippen LogP contribution is 2.35. The molecule has 32 heavy (non-hydrogen) atoms. The van der Waals surface area contributed by atoms with Crippen LogP contribution in [0.2, 0.25) is 0 Å². The fourth-order valence-electron chi connectivity index (χ4n) is 3.56. The minimum absolute atomic E-state index is 0.246. The van der Waals surface area contributed by atoms with E-state index in [1.807, 2.05) is 45.9 Å². The van der Waals surface area contributed by atoms with Gasteiger partial charge in [-0.05, 0) is 71.2 Å². The number of thioether (sulfide) groups is 1. The highest BCUT2D eigenvalue weighted by Gasteiger charge is 2.27. The molecule has 0 radical (unpaired) electrons. The summed E-state index contributed by atoms with van der Waals surface area (Å²) in [5, 5.41) is 0. The summed E-state index contributed by atoms with van der Waals surface area (Å²) in [5.74, 6) is 1.87. The summed E-state index contributed by atoms with van der Waals surface area (Å²) >= 11 is 1.62. The van der Waals surface area contributed by atoms with Gasteiger partial charge in [0.25, 0.3) is 0 Å². The molecule has 0 aliphatic heterocycles.